The van der Waals surface area contributed by atoms with Gasteiger partial charge in [-0.3, -0.25) is 0 Å². The predicted molar refractivity (Wildman–Crippen MR) is 73.1 cm³/mol. The van der Waals surface area contributed by atoms with Crippen molar-refractivity contribution in [1.29, 1.82) is 0 Å². The lowest BCUT2D eigenvalue weighted by molar-refractivity contribution is 0.164. The van der Waals surface area contributed by atoms with Gasteiger partial charge in [0.15, 0.2) is 0 Å². The molecule has 3 nitrogen and oxygen atoms in total. The molecule has 1 aromatic rings. The van der Waals surface area contributed by atoms with Crippen LogP contribution in [0, 0.1) is 9.49 Å². The average molecular weight is 320 g/mol. The van der Waals surface area contributed by atoms with Gasteiger partial charge in [-0.15, -0.1) is 0 Å². The fourth-order valence-corrected chi connectivity index (χ4v) is 2.03. The van der Waals surface area contributed by atoms with E-state index in [9.17, 15) is 0 Å². The topological polar surface area (TPSA) is 47.3 Å². The second-order valence-corrected chi connectivity index (χ2v) is 4.84. The summed E-state index contributed by atoms with van der Waals surface area (Å²) in [5, 5.41) is 3.38. The Hall–Kier alpha value is -0.490. The summed E-state index contributed by atoms with van der Waals surface area (Å²) in [4.78, 5) is 0. The van der Waals surface area contributed by atoms with Crippen LogP contribution in [0.4, 0.5) is 11.4 Å². The Labute approximate surface area is 105 Å². The number of benzene rings is 1. The number of anilines is 2. The molecule has 1 atom stereocenters. The molecule has 0 aliphatic carbocycles. The fourth-order valence-electron chi connectivity index (χ4n) is 1.30. The largest absolute Gasteiger partial charge is 0.399 e. The molecule has 4 heteroatoms. The first-order valence-electron chi connectivity index (χ1n) is 4.91. The van der Waals surface area contributed by atoms with Crippen molar-refractivity contribution in [2.45, 2.75) is 6.92 Å². The molecular weight excluding hydrogens is 303 g/mol. The summed E-state index contributed by atoms with van der Waals surface area (Å²) < 4.78 is 6.23. The quantitative estimate of drug-likeness (QED) is 0.647. The smallest absolute Gasteiger partial charge is 0.0504 e. The van der Waals surface area contributed by atoms with Gasteiger partial charge in [-0.25, -0.2) is 0 Å². The minimum Gasteiger partial charge on any atom is -0.399 e. The zero-order valence-electron chi connectivity index (χ0n) is 9.09. The van der Waals surface area contributed by atoms with Crippen LogP contribution in [0.2, 0.25) is 0 Å². The van der Waals surface area contributed by atoms with Gasteiger partial charge in [0.2, 0.25) is 0 Å². The second-order valence-electron chi connectivity index (χ2n) is 3.68. The lowest BCUT2D eigenvalue weighted by Crippen LogP contribution is -2.16. The van der Waals surface area contributed by atoms with Crippen LogP contribution in [0.15, 0.2) is 18.2 Å². The molecule has 3 N–H and O–H groups in total. The summed E-state index contributed by atoms with van der Waals surface area (Å²) in [6.07, 6.45) is 0. The van der Waals surface area contributed by atoms with Gasteiger partial charge < -0.3 is 15.8 Å². The Morgan fingerprint density at radius 1 is 1.53 bits per heavy atom. The maximum Gasteiger partial charge on any atom is 0.0504 e. The molecule has 84 valence electrons. The number of methoxy groups -OCH3 is 1. The van der Waals surface area contributed by atoms with Crippen molar-refractivity contribution in [1.82, 2.24) is 0 Å². The number of halogens is 1. The van der Waals surface area contributed by atoms with Gasteiger partial charge in [0.05, 0.1) is 6.61 Å². The van der Waals surface area contributed by atoms with Crippen molar-refractivity contribution < 1.29 is 4.74 Å². The molecule has 0 aliphatic heterocycles. The standard InChI is InChI=1S/C11H17IN2O/c1-8(7-15-2)6-14-11-4-3-9(13)5-10(11)12/h3-5,8,14H,6-7,13H2,1-2H3. The summed E-state index contributed by atoms with van der Waals surface area (Å²) in [6, 6.07) is 5.88. The third kappa shape index (κ3) is 4.25. The lowest BCUT2D eigenvalue weighted by atomic mass is 10.2. The number of rotatable bonds is 5. The van der Waals surface area contributed by atoms with Crippen molar-refractivity contribution >= 4 is 34.0 Å². The maximum atomic E-state index is 5.68. The number of nitrogens with one attached hydrogen (secondary N) is 1. The zero-order chi connectivity index (χ0) is 11.3. The van der Waals surface area contributed by atoms with E-state index in [1.807, 2.05) is 18.2 Å². The van der Waals surface area contributed by atoms with E-state index in [1.165, 1.54) is 0 Å². The van der Waals surface area contributed by atoms with Crippen molar-refractivity contribution in [3.8, 4) is 0 Å². The van der Waals surface area contributed by atoms with E-state index in [1.54, 1.807) is 7.11 Å². The van der Waals surface area contributed by atoms with Crippen LogP contribution in [-0.2, 0) is 4.74 Å². The molecule has 0 spiro atoms. The first-order chi connectivity index (χ1) is 7.13. The van der Waals surface area contributed by atoms with E-state index in [4.69, 9.17) is 10.5 Å². The maximum absolute atomic E-state index is 5.68. The van der Waals surface area contributed by atoms with Gasteiger partial charge in [-0.05, 0) is 46.7 Å². The average Bonchev–Trinajstić information content (AvgIpc) is 2.17. The van der Waals surface area contributed by atoms with Crippen LogP contribution in [0.25, 0.3) is 0 Å². The van der Waals surface area contributed by atoms with Crippen LogP contribution in [0.3, 0.4) is 0 Å². The monoisotopic (exact) mass is 320 g/mol. The molecule has 0 amide bonds. The molecule has 1 unspecified atom stereocenters. The summed E-state index contributed by atoms with van der Waals surface area (Å²) in [6.45, 7) is 3.84. The number of hydrogen-bond acceptors (Lipinski definition) is 3. The summed E-state index contributed by atoms with van der Waals surface area (Å²) in [5.74, 6) is 0.503. The molecule has 1 aromatic carbocycles. The summed E-state index contributed by atoms with van der Waals surface area (Å²) >= 11 is 2.28. The first-order valence-corrected chi connectivity index (χ1v) is 5.99. The molecule has 0 fully saturated rings. The van der Waals surface area contributed by atoms with Gasteiger partial charge in [0, 0.05) is 28.6 Å². The Morgan fingerprint density at radius 2 is 2.27 bits per heavy atom. The van der Waals surface area contributed by atoms with Gasteiger partial charge >= 0.3 is 0 Å². The summed E-state index contributed by atoms with van der Waals surface area (Å²) in [7, 11) is 1.73. The first kappa shape index (κ1) is 12.6. The number of nitrogen functional groups attached to an aromatic ring is 1. The zero-order valence-corrected chi connectivity index (χ0v) is 11.2. The van der Waals surface area contributed by atoms with Crippen LogP contribution < -0.4 is 11.1 Å². The number of ether oxygens (including phenoxy) is 1. The van der Waals surface area contributed by atoms with E-state index in [0.29, 0.717) is 5.92 Å². The normalized spacial score (nSPS) is 12.5. The molecule has 15 heavy (non-hydrogen) atoms. The molecule has 0 bridgehead atoms. The van der Waals surface area contributed by atoms with Crippen LogP contribution >= 0.6 is 22.6 Å². The summed E-state index contributed by atoms with van der Waals surface area (Å²) in [5.41, 5.74) is 7.61. The van der Waals surface area contributed by atoms with Crippen molar-refractivity contribution in [2.75, 3.05) is 31.3 Å². The molecule has 0 heterocycles. The number of hydrogen-bond donors (Lipinski definition) is 2. The van der Waals surface area contributed by atoms with Crippen LogP contribution in [-0.4, -0.2) is 20.3 Å². The molecular formula is C11H17IN2O. The number of nitrogens with two attached hydrogens (primary N) is 1. The predicted octanol–water partition coefficient (Wildman–Crippen LogP) is 2.57. The Bertz CT molecular complexity index is 317. The Morgan fingerprint density at radius 3 is 2.87 bits per heavy atom. The SMILES string of the molecule is COCC(C)CNc1ccc(N)cc1I. The van der Waals surface area contributed by atoms with E-state index < -0.39 is 0 Å². The molecule has 0 aromatic heterocycles. The minimum atomic E-state index is 0.503. The highest BCUT2D eigenvalue weighted by Crippen LogP contribution is 2.20. The van der Waals surface area contributed by atoms with Crippen molar-refractivity contribution in [2.24, 2.45) is 5.92 Å². The van der Waals surface area contributed by atoms with Gasteiger partial charge in [-0.1, -0.05) is 6.92 Å². The molecule has 0 saturated heterocycles. The van der Waals surface area contributed by atoms with E-state index >= 15 is 0 Å². The van der Waals surface area contributed by atoms with Gasteiger partial charge in [0.1, 0.15) is 0 Å². The highest BCUT2D eigenvalue weighted by atomic mass is 127. The van der Waals surface area contributed by atoms with Crippen LogP contribution in [0.1, 0.15) is 6.92 Å². The molecule has 0 saturated carbocycles. The molecule has 1 rings (SSSR count). The van der Waals surface area contributed by atoms with Gasteiger partial charge in [-0.2, -0.15) is 0 Å². The molecule has 0 aliphatic rings. The third-order valence-corrected chi connectivity index (χ3v) is 2.98. The van der Waals surface area contributed by atoms with E-state index in [-0.39, 0.29) is 0 Å². The fraction of sp³-hybridized carbons (Fsp3) is 0.455. The lowest BCUT2D eigenvalue weighted by Gasteiger charge is -2.13. The van der Waals surface area contributed by atoms with Crippen molar-refractivity contribution in [3.05, 3.63) is 21.8 Å². The van der Waals surface area contributed by atoms with E-state index in [2.05, 4.69) is 34.8 Å². The highest BCUT2D eigenvalue weighted by molar-refractivity contribution is 14.1. The molecule has 0 radical (unpaired) electrons. The van der Waals surface area contributed by atoms with E-state index in [0.717, 1.165) is 28.1 Å². The van der Waals surface area contributed by atoms with Crippen molar-refractivity contribution in [3.63, 3.8) is 0 Å². The minimum absolute atomic E-state index is 0.503. The Balaban J connectivity index is 2.50. The third-order valence-electron chi connectivity index (χ3n) is 2.09. The Kier molecular flexibility index (Phi) is 5.17. The second kappa shape index (κ2) is 6.17. The highest BCUT2D eigenvalue weighted by Gasteiger charge is 2.03. The van der Waals surface area contributed by atoms with Gasteiger partial charge in [0.25, 0.3) is 0 Å². The van der Waals surface area contributed by atoms with Crippen LogP contribution in [0.5, 0.6) is 0 Å².